The lowest BCUT2D eigenvalue weighted by Crippen LogP contribution is -2.52. The van der Waals surface area contributed by atoms with E-state index in [0.717, 1.165) is 32.4 Å². The van der Waals surface area contributed by atoms with Crippen molar-refractivity contribution in [3.8, 4) is 0 Å². The Morgan fingerprint density at radius 3 is 2.40 bits per heavy atom. The van der Waals surface area contributed by atoms with Crippen molar-refractivity contribution in [2.45, 2.75) is 26.2 Å². The van der Waals surface area contributed by atoms with E-state index in [9.17, 15) is 9.59 Å². The maximum Gasteiger partial charge on any atom is 0.325 e. The average Bonchev–Trinajstić information content (AvgIpc) is 2.47. The van der Waals surface area contributed by atoms with Crippen LogP contribution in [0.15, 0.2) is 0 Å². The first-order chi connectivity index (χ1) is 9.59. The number of hydrogen-bond donors (Lipinski definition) is 1. The molecule has 1 aliphatic rings. The molecule has 1 aliphatic heterocycles. The molecule has 1 N–H and O–H groups in total. The molecule has 0 radical (unpaired) electrons. The van der Waals surface area contributed by atoms with Crippen LogP contribution in [0.1, 0.15) is 26.2 Å². The fourth-order valence-electron chi connectivity index (χ4n) is 2.68. The average molecular weight is 286 g/mol. The van der Waals surface area contributed by atoms with Crippen LogP contribution < -0.4 is 5.32 Å². The number of hydrogen-bond acceptors (Lipinski definition) is 5. The molecule has 0 aliphatic carbocycles. The summed E-state index contributed by atoms with van der Waals surface area (Å²) in [7, 11) is 2.95. The molecule has 6 heteroatoms. The Bertz CT molecular complexity index is 322. The van der Waals surface area contributed by atoms with E-state index in [1.807, 2.05) is 6.92 Å². The number of amides is 1. The minimum atomic E-state index is -0.511. The molecule has 0 aromatic heterocycles. The molecule has 0 saturated carbocycles. The lowest BCUT2D eigenvalue weighted by molar-refractivity contribution is -0.154. The maximum atomic E-state index is 12.9. The Labute approximate surface area is 120 Å². The third-order valence-electron chi connectivity index (χ3n) is 3.76. The zero-order chi connectivity index (χ0) is 15.0. The summed E-state index contributed by atoms with van der Waals surface area (Å²) in [6, 6.07) is 0. The molecular formula is C14H26N2O4. The molecule has 116 valence electrons. The summed E-state index contributed by atoms with van der Waals surface area (Å²) in [5.41, 5.74) is -0.511. The number of nitrogens with one attached hydrogen (secondary N) is 1. The molecular weight excluding hydrogens is 260 g/mol. The monoisotopic (exact) mass is 286 g/mol. The number of carbonyl (C=O) groups excluding carboxylic acids is 2. The van der Waals surface area contributed by atoms with Crippen molar-refractivity contribution < 1.29 is 19.1 Å². The van der Waals surface area contributed by atoms with E-state index in [1.165, 1.54) is 7.11 Å². The molecule has 1 amide bonds. The summed E-state index contributed by atoms with van der Waals surface area (Å²) in [5.74, 6) is -0.374. The highest BCUT2D eigenvalue weighted by atomic mass is 16.5. The molecule has 0 unspecified atom stereocenters. The topological polar surface area (TPSA) is 67.9 Å². The van der Waals surface area contributed by atoms with Crippen molar-refractivity contribution in [1.82, 2.24) is 10.2 Å². The van der Waals surface area contributed by atoms with Crippen LogP contribution in [-0.2, 0) is 19.1 Å². The fourth-order valence-corrected chi connectivity index (χ4v) is 2.68. The molecule has 1 fully saturated rings. The van der Waals surface area contributed by atoms with Gasteiger partial charge in [-0.1, -0.05) is 6.92 Å². The highest BCUT2D eigenvalue weighted by Crippen LogP contribution is 2.31. The Morgan fingerprint density at radius 2 is 1.90 bits per heavy atom. The Hall–Kier alpha value is -1.14. The molecule has 1 heterocycles. The Kier molecular flexibility index (Phi) is 6.95. The van der Waals surface area contributed by atoms with E-state index in [2.05, 4.69) is 10.1 Å². The number of rotatable bonds is 7. The van der Waals surface area contributed by atoms with E-state index in [0.29, 0.717) is 13.2 Å². The van der Waals surface area contributed by atoms with Crippen LogP contribution in [0, 0.1) is 5.41 Å². The third-order valence-corrected chi connectivity index (χ3v) is 3.76. The van der Waals surface area contributed by atoms with Gasteiger partial charge in [0, 0.05) is 13.7 Å². The zero-order valence-corrected chi connectivity index (χ0v) is 12.7. The van der Waals surface area contributed by atoms with Crippen molar-refractivity contribution in [1.29, 1.82) is 0 Å². The standard InChI is InChI=1S/C14H26N2O4/c1-4-9-16(10-12(17)20-3)13(18)14(11-19-2)5-7-15-8-6-14/h15H,4-11H2,1-3H3. The molecule has 6 nitrogen and oxygen atoms in total. The van der Waals surface area contributed by atoms with Gasteiger partial charge in [-0.15, -0.1) is 0 Å². The van der Waals surface area contributed by atoms with E-state index in [-0.39, 0.29) is 18.4 Å². The van der Waals surface area contributed by atoms with Crippen LogP contribution in [0.4, 0.5) is 0 Å². The van der Waals surface area contributed by atoms with Crippen LogP contribution >= 0.6 is 0 Å². The first-order valence-corrected chi connectivity index (χ1v) is 7.15. The Morgan fingerprint density at radius 1 is 1.25 bits per heavy atom. The minimum absolute atomic E-state index is 0.00750. The molecule has 0 atom stereocenters. The fraction of sp³-hybridized carbons (Fsp3) is 0.857. The first kappa shape index (κ1) is 16.9. The van der Waals surface area contributed by atoms with Crippen molar-refractivity contribution in [2.24, 2.45) is 5.41 Å². The summed E-state index contributed by atoms with van der Waals surface area (Å²) in [6.45, 7) is 4.56. The van der Waals surface area contributed by atoms with Gasteiger partial charge in [-0.2, -0.15) is 0 Å². The quantitative estimate of drug-likeness (QED) is 0.687. The molecule has 0 bridgehead atoms. The molecule has 0 aromatic carbocycles. The summed E-state index contributed by atoms with van der Waals surface area (Å²) in [6.07, 6.45) is 2.28. The summed E-state index contributed by atoms with van der Waals surface area (Å²) < 4.78 is 9.95. The molecule has 1 rings (SSSR count). The van der Waals surface area contributed by atoms with Gasteiger partial charge >= 0.3 is 5.97 Å². The van der Waals surface area contributed by atoms with E-state index < -0.39 is 5.41 Å². The second-order valence-electron chi connectivity index (χ2n) is 5.27. The van der Waals surface area contributed by atoms with Crippen LogP contribution in [-0.4, -0.2) is 63.8 Å². The van der Waals surface area contributed by atoms with Crippen LogP contribution in [0.25, 0.3) is 0 Å². The zero-order valence-electron chi connectivity index (χ0n) is 12.7. The van der Waals surface area contributed by atoms with Crippen molar-refractivity contribution in [2.75, 3.05) is 47.0 Å². The second kappa shape index (κ2) is 8.21. The first-order valence-electron chi connectivity index (χ1n) is 7.15. The van der Waals surface area contributed by atoms with Gasteiger partial charge in [-0.05, 0) is 32.4 Å². The molecule has 1 saturated heterocycles. The van der Waals surface area contributed by atoms with Gasteiger partial charge < -0.3 is 19.7 Å². The normalized spacial score (nSPS) is 17.6. The van der Waals surface area contributed by atoms with Gasteiger partial charge in [0.25, 0.3) is 0 Å². The van der Waals surface area contributed by atoms with Crippen LogP contribution in [0.5, 0.6) is 0 Å². The minimum Gasteiger partial charge on any atom is -0.468 e. The number of esters is 1. The van der Waals surface area contributed by atoms with Crippen LogP contribution in [0.3, 0.4) is 0 Å². The number of nitrogens with zero attached hydrogens (tertiary/aromatic N) is 1. The van der Waals surface area contributed by atoms with Gasteiger partial charge in [0.1, 0.15) is 6.54 Å². The SMILES string of the molecule is CCCN(CC(=O)OC)C(=O)C1(COC)CCNCC1. The number of carbonyl (C=O) groups is 2. The highest BCUT2D eigenvalue weighted by molar-refractivity contribution is 5.86. The number of ether oxygens (including phenoxy) is 2. The van der Waals surface area contributed by atoms with Crippen molar-refractivity contribution >= 4 is 11.9 Å². The summed E-state index contributed by atoms with van der Waals surface area (Å²) in [5, 5.41) is 3.26. The van der Waals surface area contributed by atoms with E-state index in [4.69, 9.17) is 4.74 Å². The van der Waals surface area contributed by atoms with Gasteiger partial charge in [0.15, 0.2) is 0 Å². The molecule has 0 spiro atoms. The van der Waals surface area contributed by atoms with Gasteiger partial charge in [0.2, 0.25) is 5.91 Å². The van der Waals surface area contributed by atoms with Crippen molar-refractivity contribution in [3.63, 3.8) is 0 Å². The van der Waals surface area contributed by atoms with E-state index in [1.54, 1.807) is 12.0 Å². The second-order valence-corrected chi connectivity index (χ2v) is 5.27. The number of methoxy groups -OCH3 is 2. The largest absolute Gasteiger partial charge is 0.468 e. The predicted molar refractivity (Wildman–Crippen MR) is 75.3 cm³/mol. The number of piperidine rings is 1. The lowest BCUT2D eigenvalue weighted by Gasteiger charge is -2.39. The predicted octanol–water partition coefficient (Wildman–Crippen LogP) is 0.414. The van der Waals surface area contributed by atoms with Crippen LogP contribution in [0.2, 0.25) is 0 Å². The van der Waals surface area contributed by atoms with Gasteiger partial charge in [-0.3, -0.25) is 9.59 Å². The summed E-state index contributed by atoms with van der Waals surface area (Å²) in [4.78, 5) is 26.0. The molecule has 20 heavy (non-hydrogen) atoms. The van der Waals surface area contributed by atoms with Crippen molar-refractivity contribution in [3.05, 3.63) is 0 Å². The molecule has 0 aromatic rings. The van der Waals surface area contributed by atoms with Gasteiger partial charge in [-0.25, -0.2) is 0 Å². The maximum absolute atomic E-state index is 12.9. The summed E-state index contributed by atoms with van der Waals surface area (Å²) >= 11 is 0. The van der Waals surface area contributed by atoms with Gasteiger partial charge in [0.05, 0.1) is 19.1 Å². The smallest absolute Gasteiger partial charge is 0.325 e. The van der Waals surface area contributed by atoms with E-state index >= 15 is 0 Å². The third kappa shape index (κ3) is 4.18. The lowest BCUT2D eigenvalue weighted by atomic mass is 9.78. The highest BCUT2D eigenvalue weighted by Gasteiger charge is 2.42. The Balaban J connectivity index is 2.85.